The molecule has 2 atom stereocenters. The minimum Gasteiger partial charge on any atom is -0.315 e. The standard InChI is InChI=1S/C12H25N3O2S/c1-11(10-15-7-2-3-8-15)14-18(16,17)12-5-4-6-13-9-12/h11-14H,2-10H2,1H3. The van der Waals surface area contributed by atoms with Crippen LogP contribution in [-0.4, -0.2) is 57.3 Å². The van der Waals surface area contributed by atoms with Gasteiger partial charge in [0.15, 0.2) is 0 Å². The lowest BCUT2D eigenvalue weighted by atomic mass is 10.2. The van der Waals surface area contributed by atoms with Crippen LogP contribution in [-0.2, 0) is 10.0 Å². The molecule has 106 valence electrons. The monoisotopic (exact) mass is 275 g/mol. The van der Waals surface area contributed by atoms with Crippen molar-refractivity contribution >= 4 is 10.0 Å². The van der Waals surface area contributed by atoms with Crippen molar-refractivity contribution in [2.45, 2.75) is 43.9 Å². The minimum absolute atomic E-state index is 0.00928. The zero-order valence-electron chi connectivity index (χ0n) is 11.2. The van der Waals surface area contributed by atoms with Crippen LogP contribution in [0, 0.1) is 0 Å². The quantitative estimate of drug-likeness (QED) is 0.749. The molecule has 0 aliphatic carbocycles. The second kappa shape index (κ2) is 6.32. The predicted molar refractivity (Wildman–Crippen MR) is 73.1 cm³/mol. The van der Waals surface area contributed by atoms with Gasteiger partial charge in [0.2, 0.25) is 10.0 Å². The molecule has 0 spiro atoms. The lowest BCUT2D eigenvalue weighted by Gasteiger charge is -2.26. The molecule has 0 amide bonds. The van der Waals surface area contributed by atoms with Gasteiger partial charge in [-0.05, 0) is 52.2 Å². The van der Waals surface area contributed by atoms with Crippen molar-refractivity contribution in [3.63, 3.8) is 0 Å². The zero-order valence-corrected chi connectivity index (χ0v) is 12.0. The van der Waals surface area contributed by atoms with Crippen molar-refractivity contribution in [1.29, 1.82) is 0 Å². The fourth-order valence-corrected chi connectivity index (χ4v) is 4.49. The number of sulfonamides is 1. The van der Waals surface area contributed by atoms with Crippen LogP contribution in [0.3, 0.4) is 0 Å². The van der Waals surface area contributed by atoms with Gasteiger partial charge in [-0.2, -0.15) is 0 Å². The van der Waals surface area contributed by atoms with Gasteiger partial charge in [-0.3, -0.25) is 0 Å². The molecule has 0 aromatic rings. The number of likely N-dealkylation sites (tertiary alicyclic amines) is 1. The molecular weight excluding hydrogens is 250 g/mol. The lowest BCUT2D eigenvalue weighted by molar-refractivity contribution is 0.312. The summed E-state index contributed by atoms with van der Waals surface area (Å²) >= 11 is 0. The van der Waals surface area contributed by atoms with Crippen LogP contribution >= 0.6 is 0 Å². The molecule has 2 N–H and O–H groups in total. The van der Waals surface area contributed by atoms with E-state index in [4.69, 9.17) is 0 Å². The molecule has 0 saturated carbocycles. The number of rotatable bonds is 5. The Morgan fingerprint density at radius 1 is 1.33 bits per heavy atom. The van der Waals surface area contributed by atoms with Gasteiger partial charge in [0.05, 0.1) is 5.25 Å². The Kier molecular flexibility index (Phi) is 5.00. The molecule has 0 bridgehead atoms. The summed E-state index contributed by atoms with van der Waals surface area (Å²) in [6.45, 7) is 6.54. The summed E-state index contributed by atoms with van der Waals surface area (Å²) in [6.07, 6.45) is 4.21. The summed E-state index contributed by atoms with van der Waals surface area (Å²) in [6, 6.07) is 0.00928. The maximum Gasteiger partial charge on any atom is 0.216 e. The van der Waals surface area contributed by atoms with Crippen LogP contribution < -0.4 is 10.0 Å². The second-order valence-electron chi connectivity index (χ2n) is 5.54. The van der Waals surface area contributed by atoms with Crippen LogP contribution in [0.25, 0.3) is 0 Å². The third kappa shape index (κ3) is 3.91. The van der Waals surface area contributed by atoms with Crippen LogP contribution in [0.5, 0.6) is 0 Å². The third-order valence-electron chi connectivity index (χ3n) is 3.79. The highest BCUT2D eigenvalue weighted by atomic mass is 32.2. The molecule has 0 aromatic carbocycles. The predicted octanol–water partition coefficient (Wildman–Crippen LogP) is 0.142. The van der Waals surface area contributed by atoms with Gasteiger partial charge in [0.1, 0.15) is 0 Å². The summed E-state index contributed by atoms with van der Waals surface area (Å²) in [4.78, 5) is 2.34. The van der Waals surface area contributed by atoms with Crippen LogP contribution in [0.15, 0.2) is 0 Å². The maximum atomic E-state index is 12.2. The van der Waals surface area contributed by atoms with Gasteiger partial charge in [0.25, 0.3) is 0 Å². The molecule has 2 heterocycles. The second-order valence-corrected chi connectivity index (χ2v) is 7.53. The van der Waals surface area contributed by atoms with E-state index in [0.717, 1.165) is 39.0 Å². The van der Waals surface area contributed by atoms with Gasteiger partial charge >= 0.3 is 0 Å². The summed E-state index contributed by atoms with van der Waals surface area (Å²) in [5.41, 5.74) is 0. The highest BCUT2D eigenvalue weighted by Crippen LogP contribution is 2.12. The Hall–Kier alpha value is -0.170. The summed E-state index contributed by atoms with van der Waals surface area (Å²) in [5.74, 6) is 0. The largest absolute Gasteiger partial charge is 0.315 e. The molecule has 2 aliphatic heterocycles. The Balaban J connectivity index is 1.82. The molecule has 2 rings (SSSR count). The van der Waals surface area contributed by atoms with E-state index >= 15 is 0 Å². The highest BCUT2D eigenvalue weighted by molar-refractivity contribution is 7.90. The van der Waals surface area contributed by atoms with E-state index in [1.54, 1.807) is 0 Å². The molecule has 2 aliphatic rings. The van der Waals surface area contributed by atoms with E-state index in [-0.39, 0.29) is 11.3 Å². The maximum absolute atomic E-state index is 12.2. The first-order chi connectivity index (χ1) is 8.58. The van der Waals surface area contributed by atoms with Crippen LogP contribution in [0.4, 0.5) is 0 Å². The van der Waals surface area contributed by atoms with Crippen molar-refractivity contribution in [3.05, 3.63) is 0 Å². The third-order valence-corrected chi connectivity index (χ3v) is 5.80. The molecule has 0 radical (unpaired) electrons. The van der Waals surface area contributed by atoms with Crippen molar-refractivity contribution in [1.82, 2.24) is 14.9 Å². The average Bonchev–Trinajstić information content (AvgIpc) is 2.82. The van der Waals surface area contributed by atoms with E-state index in [2.05, 4.69) is 14.9 Å². The molecule has 0 aromatic heterocycles. The van der Waals surface area contributed by atoms with Crippen LogP contribution in [0.1, 0.15) is 32.6 Å². The number of nitrogens with zero attached hydrogens (tertiary/aromatic N) is 1. The van der Waals surface area contributed by atoms with E-state index in [0.29, 0.717) is 6.54 Å². The number of piperidine rings is 1. The summed E-state index contributed by atoms with van der Waals surface area (Å²) < 4.78 is 27.2. The lowest BCUT2D eigenvalue weighted by Crippen LogP contribution is -2.49. The number of hydrogen-bond donors (Lipinski definition) is 2. The highest BCUT2D eigenvalue weighted by Gasteiger charge is 2.28. The molecule has 5 nitrogen and oxygen atoms in total. The van der Waals surface area contributed by atoms with Gasteiger partial charge in [-0.15, -0.1) is 0 Å². The molecule has 18 heavy (non-hydrogen) atoms. The summed E-state index contributed by atoms with van der Waals surface area (Å²) in [5, 5.41) is 2.90. The molecular formula is C12H25N3O2S. The van der Waals surface area contributed by atoms with Crippen molar-refractivity contribution in [2.75, 3.05) is 32.7 Å². The fraction of sp³-hybridized carbons (Fsp3) is 1.00. The van der Waals surface area contributed by atoms with Crippen LogP contribution in [0.2, 0.25) is 0 Å². The average molecular weight is 275 g/mol. The SMILES string of the molecule is CC(CN1CCCC1)NS(=O)(=O)C1CCCNC1. The van der Waals surface area contributed by atoms with E-state index in [1.165, 1.54) is 12.8 Å². The van der Waals surface area contributed by atoms with E-state index < -0.39 is 10.0 Å². The number of nitrogens with one attached hydrogen (secondary N) is 2. The zero-order chi connectivity index (χ0) is 13.0. The van der Waals surface area contributed by atoms with Gasteiger partial charge < -0.3 is 10.2 Å². The Morgan fingerprint density at radius 2 is 2.06 bits per heavy atom. The summed E-state index contributed by atoms with van der Waals surface area (Å²) in [7, 11) is -3.16. The van der Waals surface area contributed by atoms with Gasteiger partial charge in [0, 0.05) is 19.1 Å². The van der Waals surface area contributed by atoms with Crippen molar-refractivity contribution < 1.29 is 8.42 Å². The first-order valence-electron chi connectivity index (χ1n) is 7.02. The topological polar surface area (TPSA) is 61.4 Å². The molecule has 2 unspecified atom stereocenters. The van der Waals surface area contributed by atoms with E-state index in [9.17, 15) is 8.42 Å². The van der Waals surface area contributed by atoms with Crippen molar-refractivity contribution in [2.24, 2.45) is 0 Å². The Labute approximate surface area is 110 Å². The number of hydrogen-bond acceptors (Lipinski definition) is 4. The molecule has 6 heteroatoms. The first kappa shape index (κ1) is 14.2. The first-order valence-corrected chi connectivity index (χ1v) is 8.57. The normalized spacial score (nSPS) is 28.4. The Morgan fingerprint density at radius 3 is 2.67 bits per heavy atom. The smallest absolute Gasteiger partial charge is 0.216 e. The minimum atomic E-state index is -3.16. The molecule has 2 fully saturated rings. The van der Waals surface area contributed by atoms with E-state index in [1.807, 2.05) is 6.92 Å². The van der Waals surface area contributed by atoms with Crippen molar-refractivity contribution in [3.8, 4) is 0 Å². The van der Waals surface area contributed by atoms with Gasteiger partial charge in [-0.1, -0.05) is 0 Å². The van der Waals surface area contributed by atoms with Gasteiger partial charge in [-0.25, -0.2) is 13.1 Å². The molecule has 2 saturated heterocycles. The fourth-order valence-electron chi connectivity index (χ4n) is 2.85. The Bertz CT molecular complexity index is 346.